The average Bonchev–Trinajstić information content (AvgIpc) is 2.33. The van der Waals surface area contributed by atoms with Gasteiger partial charge in [-0.15, -0.1) is 0 Å². The number of hydrogen-bond donors (Lipinski definition) is 2. The van der Waals surface area contributed by atoms with Crippen LogP contribution in [0.5, 0.6) is 0 Å². The molecule has 0 aromatic heterocycles. The van der Waals surface area contributed by atoms with E-state index in [0.717, 1.165) is 10.0 Å². The van der Waals surface area contributed by atoms with Crippen molar-refractivity contribution in [2.75, 3.05) is 11.1 Å². The molecular weight excluding hydrogens is 407 g/mol. The lowest BCUT2D eigenvalue weighted by Gasteiger charge is -2.12. The first-order chi connectivity index (χ1) is 9.38. The predicted molar refractivity (Wildman–Crippen MR) is 90.4 cm³/mol. The third kappa shape index (κ3) is 3.34. The Morgan fingerprint density at radius 1 is 1.25 bits per heavy atom. The molecule has 2 aromatic carbocycles. The number of halogens is 3. The Morgan fingerprint density at radius 3 is 2.55 bits per heavy atom. The summed E-state index contributed by atoms with van der Waals surface area (Å²) in [4.78, 5) is 12.3. The van der Waals surface area contributed by atoms with Crippen LogP contribution in [-0.4, -0.2) is 5.91 Å². The van der Waals surface area contributed by atoms with Crippen LogP contribution in [0.3, 0.4) is 0 Å². The maximum absolute atomic E-state index is 12.3. The van der Waals surface area contributed by atoms with Crippen molar-refractivity contribution in [1.29, 1.82) is 0 Å². The zero-order valence-corrected chi connectivity index (χ0v) is 14.4. The molecular formula is C14H11Br2ClN2O. The number of nitrogens with two attached hydrogens (primary N) is 1. The van der Waals surface area contributed by atoms with Crippen LogP contribution >= 0.6 is 43.5 Å². The van der Waals surface area contributed by atoms with Crippen LogP contribution in [0.1, 0.15) is 15.9 Å². The minimum Gasteiger partial charge on any atom is -0.397 e. The van der Waals surface area contributed by atoms with Crippen molar-refractivity contribution in [1.82, 2.24) is 0 Å². The second kappa shape index (κ2) is 6.16. The second-order valence-corrected chi connectivity index (χ2v) is 6.47. The maximum atomic E-state index is 12.3. The van der Waals surface area contributed by atoms with E-state index in [9.17, 15) is 4.79 Å². The molecule has 0 saturated carbocycles. The van der Waals surface area contributed by atoms with E-state index in [1.54, 1.807) is 18.2 Å². The molecule has 1 amide bonds. The summed E-state index contributed by atoms with van der Waals surface area (Å²) in [6, 6.07) is 8.80. The van der Waals surface area contributed by atoms with Crippen LogP contribution < -0.4 is 11.1 Å². The van der Waals surface area contributed by atoms with Crippen molar-refractivity contribution in [3.63, 3.8) is 0 Å². The Balaban J connectivity index is 2.33. The fourth-order valence-electron chi connectivity index (χ4n) is 1.71. The van der Waals surface area contributed by atoms with Crippen molar-refractivity contribution in [2.45, 2.75) is 6.92 Å². The summed E-state index contributed by atoms with van der Waals surface area (Å²) in [6.45, 7) is 1.91. The number of anilines is 2. The van der Waals surface area contributed by atoms with Gasteiger partial charge in [0.25, 0.3) is 5.91 Å². The molecule has 3 nitrogen and oxygen atoms in total. The monoisotopic (exact) mass is 416 g/mol. The molecule has 0 saturated heterocycles. The maximum Gasteiger partial charge on any atom is 0.257 e. The molecule has 6 heteroatoms. The number of carbonyl (C=O) groups excluding carboxylic acids is 1. The van der Waals surface area contributed by atoms with E-state index >= 15 is 0 Å². The number of hydrogen-bond acceptors (Lipinski definition) is 2. The fraction of sp³-hybridized carbons (Fsp3) is 0.0714. The second-order valence-electron chi connectivity index (χ2n) is 4.29. The smallest absolute Gasteiger partial charge is 0.257 e. The third-order valence-electron chi connectivity index (χ3n) is 2.69. The number of nitrogen functional groups attached to an aromatic ring is 1. The largest absolute Gasteiger partial charge is 0.397 e. The van der Waals surface area contributed by atoms with Gasteiger partial charge in [-0.1, -0.05) is 33.6 Å². The van der Waals surface area contributed by atoms with Gasteiger partial charge in [0.1, 0.15) is 0 Å². The lowest BCUT2D eigenvalue weighted by molar-refractivity contribution is 0.102. The first-order valence-electron chi connectivity index (χ1n) is 5.70. The van der Waals surface area contributed by atoms with E-state index in [1.165, 1.54) is 0 Å². The molecule has 0 bridgehead atoms. The molecule has 104 valence electrons. The lowest BCUT2D eigenvalue weighted by Crippen LogP contribution is -2.14. The number of aryl methyl sites for hydroxylation is 1. The van der Waals surface area contributed by atoms with Crippen LogP contribution in [0.25, 0.3) is 0 Å². The summed E-state index contributed by atoms with van der Waals surface area (Å²) in [6.07, 6.45) is 0. The van der Waals surface area contributed by atoms with Crippen LogP contribution in [0, 0.1) is 6.92 Å². The molecule has 0 unspecified atom stereocenters. The molecule has 0 atom stereocenters. The van der Waals surface area contributed by atoms with E-state index in [-0.39, 0.29) is 5.91 Å². The molecule has 20 heavy (non-hydrogen) atoms. The Labute approximate surface area is 138 Å². The molecule has 0 aliphatic rings. The highest BCUT2D eigenvalue weighted by atomic mass is 79.9. The van der Waals surface area contributed by atoms with Gasteiger partial charge < -0.3 is 11.1 Å². The van der Waals surface area contributed by atoms with Crippen molar-refractivity contribution in [2.24, 2.45) is 0 Å². The SMILES string of the molecule is Cc1ccc(C(=O)Nc2c(N)cc(Br)cc2Br)c(Cl)c1. The number of amides is 1. The molecule has 3 N–H and O–H groups in total. The van der Waals surface area contributed by atoms with Crippen LogP contribution in [0.4, 0.5) is 11.4 Å². The highest BCUT2D eigenvalue weighted by Gasteiger charge is 2.14. The van der Waals surface area contributed by atoms with Gasteiger partial charge in [-0.05, 0) is 52.7 Å². The van der Waals surface area contributed by atoms with Gasteiger partial charge in [0.15, 0.2) is 0 Å². The van der Waals surface area contributed by atoms with Gasteiger partial charge in [0, 0.05) is 8.95 Å². The molecule has 0 radical (unpaired) electrons. The summed E-state index contributed by atoms with van der Waals surface area (Å²) < 4.78 is 1.52. The molecule has 0 fully saturated rings. The fourth-order valence-corrected chi connectivity index (χ4v) is 3.39. The number of nitrogens with one attached hydrogen (secondary N) is 1. The average molecular weight is 419 g/mol. The Morgan fingerprint density at radius 2 is 1.95 bits per heavy atom. The van der Waals surface area contributed by atoms with E-state index in [2.05, 4.69) is 37.2 Å². The highest BCUT2D eigenvalue weighted by molar-refractivity contribution is 9.11. The van der Waals surface area contributed by atoms with Gasteiger partial charge >= 0.3 is 0 Å². The lowest BCUT2D eigenvalue weighted by atomic mass is 10.1. The number of carbonyl (C=O) groups is 1. The third-order valence-corrected chi connectivity index (χ3v) is 4.09. The summed E-state index contributed by atoms with van der Waals surface area (Å²) >= 11 is 12.8. The molecule has 0 aliphatic heterocycles. The standard InChI is InChI=1S/C14H11Br2ClN2O/c1-7-2-3-9(11(17)4-7)14(20)19-13-10(16)5-8(15)6-12(13)18/h2-6H,18H2,1H3,(H,19,20). The van der Waals surface area contributed by atoms with E-state index in [1.807, 2.05) is 19.1 Å². The van der Waals surface area contributed by atoms with E-state index < -0.39 is 0 Å². The minimum atomic E-state index is -0.301. The van der Waals surface area contributed by atoms with E-state index in [4.69, 9.17) is 17.3 Å². The molecule has 2 aromatic rings. The van der Waals surface area contributed by atoms with Gasteiger partial charge in [-0.25, -0.2) is 0 Å². The van der Waals surface area contributed by atoms with E-state index in [0.29, 0.717) is 26.4 Å². The van der Waals surface area contributed by atoms with Crippen LogP contribution in [0.15, 0.2) is 39.3 Å². The Kier molecular flexibility index (Phi) is 4.73. The molecule has 0 heterocycles. The van der Waals surface area contributed by atoms with Crippen LogP contribution in [-0.2, 0) is 0 Å². The molecule has 2 rings (SSSR count). The topological polar surface area (TPSA) is 55.1 Å². The molecule has 0 spiro atoms. The Bertz CT molecular complexity index is 666. The number of benzene rings is 2. The highest BCUT2D eigenvalue weighted by Crippen LogP contribution is 2.33. The summed E-state index contributed by atoms with van der Waals surface area (Å²) in [5.41, 5.74) is 8.29. The van der Waals surface area contributed by atoms with Crippen molar-refractivity contribution in [3.05, 3.63) is 55.4 Å². The predicted octanol–water partition coefficient (Wildman–Crippen LogP) is 5.01. The Hall–Kier alpha value is -1.04. The zero-order valence-electron chi connectivity index (χ0n) is 10.5. The van der Waals surface area contributed by atoms with Gasteiger partial charge in [0.05, 0.1) is 22.0 Å². The van der Waals surface area contributed by atoms with Crippen molar-refractivity contribution >= 4 is 60.7 Å². The number of rotatable bonds is 2. The quantitative estimate of drug-likeness (QED) is 0.674. The summed E-state index contributed by atoms with van der Waals surface area (Å²) in [5.74, 6) is -0.301. The van der Waals surface area contributed by atoms with Crippen molar-refractivity contribution in [3.8, 4) is 0 Å². The normalized spacial score (nSPS) is 10.4. The van der Waals surface area contributed by atoms with Gasteiger partial charge in [0.2, 0.25) is 0 Å². The van der Waals surface area contributed by atoms with Gasteiger partial charge in [-0.3, -0.25) is 4.79 Å². The molecule has 0 aliphatic carbocycles. The van der Waals surface area contributed by atoms with Crippen molar-refractivity contribution < 1.29 is 4.79 Å². The summed E-state index contributed by atoms with van der Waals surface area (Å²) in [5, 5.41) is 3.18. The summed E-state index contributed by atoms with van der Waals surface area (Å²) in [7, 11) is 0. The first-order valence-corrected chi connectivity index (χ1v) is 7.67. The minimum absolute atomic E-state index is 0.301. The zero-order chi connectivity index (χ0) is 14.9. The van der Waals surface area contributed by atoms with Gasteiger partial charge in [-0.2, -0.15) is 0 Å². The first kappa shape index (κ1) is 15.4. The van der Waals surface area contributed by atoms with Crippen LogP contribution in [0.2, 0.25) is 5.02 Å².